The van der Waals surface area contributed by atoms with Crippen molar-refractivity contribution >= 4 is 29.1 Å². The Hall–Kier alpha value is -1.59. The quantitative estimate of drug-likeness (QED) is 0.748. The lowest BCUT2D eigenvalue weighted by Crippen LogP contribution is -2.43. The zero-order valence-corrected chi connectivity index (χ0v) is 13.4. The maximum atomic E-state index is 11.8. The number of nitrogens with one attached hydrogen (secondary N) is 2. The summed E-state index contributed by atoms with van der Waals surface area (Å²) in [6.07, 6.45) is -0.734. The monoisotopic (exact) mass is 312 g/mol. The van der Waals surface area contributed by atoms with E-state index in [0.29, 0.717) is 16.3 Å². The van der Waals surface area contributed by atoms with Gasteiger partial charge in [-0.1, -0.05) is 38.4 Å². The van der Waals surface area contributed by atoms with Crippen molar-refractivity contribution in [3.8, 4) is 0 Å². The molecule has 21 heavy (non-hydrogen) atoms. The molecule has 0 aromatic heterocycles. The normalized spacial score (nSPS) is 12.7. The Kier molecular flexibility index (Phi) is 5.75. The molecular weight excluding hydrogens is 292 g/mol. The lowest BCUT2D eigenvalue weighted by atomic mass is 9.89. The number of amides is 2. The van der Waals surface area contributed by atoms with Gasteiger partial charge in [0, 0.05) is 17.3 Å². The summed E-state index contributed by atoms with van der Waals surface area (Å²) in [4.78, 5) is 23.5. The maximum absolute atomic E-state index is 11.8. The third kappa shape index (κ3) is 5.02. The zero-order chi connectivity index (χ0) is 16.2. The Balaban J connectivity index is 2.60. The topological polar surface area (TPSA) is 78.4 Å². The van der Waals surface area contributed by atoms with Gasteiger partial charge < -0.3 is 15.7 Å². The zero-order valence-electron chi connectivity index (χ0n) is 12.7. The summed E-state index contributed by atoms with van der Waals surface area (Å²) in [5.41, 5.74) is 0.807. The summed E-state index contributed by atoms with van der Waals surface area (Å²) in [7, 11) is 0. The van der Waals surface area contributed by atoms with Crippen LogP contribution in [0.2, 0.25) is 5.02 Å². The van der Waals surface area contributed by atoms with Crippen LogP contribution in [0, 0.1) is 12.3 Å². The van der Waals surface area contributed by atoms with Crippen molar-refractivity contribution in [3.05, 3.63) is 28.8 Å². The van der Waals surface area contributed by atoms with Crippen LogP contribution in [0.4, 0.5) is 5.69 Å². The number of anilines is 1. The van der Waals surface area contributed by atoms with Gasteiger partial charge in [0.05, 0.1) is 6.10 Å². The van der Waals surface area contributed by atoms with Crippen LogP contribution in [0.1, 0.15) is 26.3 Å². The van der Waals surface area contributed by atoms with Crippen LogP contribution in [0.25, 0.3) is 0 Å². The SMILES string of the molecule is Cc1c(Cl)cccc1NC(=O)C(=O)NCC(O)C(C)(C)C. The Bertz CT molecular complexity index is 538. The standard InChI is InChI=1S/C15H21ClN2O3/c1-9-10(16)6-5-7-11(9)18-14(21)13(20)17-8-12(19)15(2,3)4/h5-7,12,19H,8H2,1-4H3,(H,17,20)(H,18,21). The minimum atomic E-state index is -0.794. The Labute approximate surface area is 129 Å². The Morgan fingerprint density at radius 1 is 1.29 bits per heavy atom. The van der Waals surface area contributed by atoms with E-state index in [1.54, 1.807) is 25.1 Å². The van der Waals surface area contributed by atoms with E-state index in [2.05, 4.69) is 10.6 Å². The van der Waals surface area contributed by atoms with Gasteiger partial charge in [-0.3, -0.25) is 9.59 Å². The van der Waals surface area contributed by atoms with Crippen molar-refractivity contribution in [1.29, 1.82) is 0 Å². The molecule has 0 saturated carbocycles. The molecular formula is C15H21ClN2O3. The number of hydrogen-bond donors (Lipinski definition) is 3. The third-order valence-corrected chi connectivity index (χ3v) is 3.59. The van der Waals surface area contributed by atoms with E-state index in [1.165, 1.54) is 0 Å². The maximum Gasteiger partial charge on any atom is 0.313 e. The fourth-order valence-electron chi connectivity index (χ4n) is 1.50. The first-order chi connectivity index (χ1) is 9.62. The number of aliphatic hydroxyl groups excluding tert-OH is 1. The largest absolute Gasteiger partial charge is 0.391 e. The minimum absolute atomic E-state index is 0.0181. The molecule has 0 bridgehead atoms. The summed E-state index contributed by atoms with van der Waals surface area (Å²) in [6.45, 7) is 7.31. The smallest absolute Gasteiger partial charge is 0.313 e. The average molecular weight is 313 g/mol. The van der Waals surface area contributed by atoms with Crippen LogP contribution < -0.4 is 10.6 Å². The van der Waals surface area contributed by atoms with Crippen LogP contribution in [0.5, 0.6) is 0 Å². The number of benzene rings is 1. The second-order valence-corrected chi connectivity index (χ2v) is 6.37. The van der Waals surface area contributed by atoms with Crippen molar-refractivity contribution < 1.29 is 14.7 Å². The number of halogens is 1. The molecule has 0 aliphatic heterocycles. The molecule has 1 atom stereocenters. The second-order valence-electron chi connectivity index (χ2n) is 5.96. The molecule has 0 heterocycles. The molecule has 3 N–H and O–H groups in total. The summed E-state index contributed by atoms with van der Waals surface area (Å²) in [5, 5.41) is 15.2. The summed E-state index contributed by atoms with van der Waals surface area (Å²) >= 11 is 5.94. The average Bonchev–Trinajstić information content (AvgIpc) is 2.39. The fourth-order valence-corrected chi connectivity index (χ4v) is 1.67. The predicted octanol–water partition coefficient (Wildman–Crippen LogP) is 2.11. The fraction of sp³-hybridized carbons (Fsp3) is 0.467. The number of carbonyl (C=O) groups is 2. The molecule has 0 aliphatic carbocycles. The van der Waals surface area contributed by atoms with Gasteiger partial charge in [-0.15, -0.1) is 0 Å². The van der Waals surface area contributed by atoms with E-state index >= 15 is 0 Å². The highest BCUT2D eigenvalue weighted by Crippen LogP contribution is 2.22. The summed E-state index contributed by atoms with van der Waals surface area (Å²) in [6, 6.07) is 5.05. The van der Waals surface area contributed by atoms with Gasteiger partial charge in [-0.05, 0) is 30.0 Å². The molecule has 2 amide bonds. The molecule has 1 unspecified atom stereocenters. The molecule has 1 aromatic rings. The van der Waals surface area contributed by atoms with Gasteiger partial charge in [0.15, 0.2) is 0 Å². The first-order valence-electron chi connectivity index (χ1n) is 6.65. The highest BCUT2D eigenvalue weighted by atomic mass is 35.5. The van der Waals surface area contributed by atoms with E-state index in [9.17, 15) is 14.7 Å². The molecule has 0 radical (unpaired) electrons. The Morgan fingerprint density at radius 2 is 1.90 bits per heavy atom. The predicted molar refractivity (Wildman–Crippen MR) is 83.3 cm³/mol. The van der Waals surface area contributed by atoms with Crippen molar-refractivity contribution in [2.45, 2.75) is 33.8 Å². The van der Waals surface area contributed by atoms with E-state index in [0.717, 1.165) is 0 Å². The molecule has 0 saturated heterocycles. The van der Waals surface area contributed by atoms with Crippen molar-refractivity contribution in [2.24, 2.45) is 5.41 Å². The first-order valence-corrected chi connectivity index (χ1v) is 7.03. The molecule has 5 nitrogen and oxygen atoms in total. The lowest BCUT2D eigenvalue weighted by molar-refractivity contribution is -0.136. The summed E-state index contributed by atoms with van der Waals surface area (Å²) in [5.74, 6) is -1.58. The van der Waals surface area contributed by atoms with Crippen molar-refractivity contribution in [3.63, 3.8) is 0 Å². The lowest BCUT2D eigenvalue weighted by Gasteiger charge is -2.25. The van der Waals surface area contributed by atoms with Gasteiger partial charge in [-0.2, -0.15) is 0 Å². The first kappa shape index (κ1) is 17.5. The van der Waals surface area contributed by atoms with Crippen LogP contribution in [0.3, 0.4) is 0 Å². The van der Waals surface area contributed by atoms with Crippen LogP contribution in [0.15, 0.2) is 18.2 Å². The molecule has 116 valence electrons. The number of carbonyl (C=O) groups excluding carboxylic acids is 2. The van der Waals surface area contributed by atoms with Gasteiger partial charge in [-0.25, -0.2) is 0 Å². The van der Waals surface area contributed by atoms with Crippen LogP contribution >= 0.6 is 11.6 Å². The van der Waals surface area contributed by atoms with E-state index in [-0.39, 0.29) is 12.0 Å². The summed E-state index contributed by atoms with van der Waals surface area (Å²) < 4.78 is 0. The van der Waals surface area contributed by atoms with Gasteiger partial charge in [0.1, 0.15) is 0 Å². The van der Waals surface area contributed by atoms with E-state index in [1.807, 2.05) is 20.8 Å². The number of rotatable bonds is 3. The van der Waals surface area contributed by atoms with Crippen molar-refractivity contribution in [1.82, 2.24) is 5.32 Å². The highest BCUT2D eigenvalue weighted by molar-refractivity contribution is 6.40. The van der Waals surface area contributed by atoms with Crippen LogP contribution in [-0.4, -0.2) is 29.6 Å². The van der Waals surface area contributed by atoms with E-state index < -0.39 is 17.9 Å². The molecule has 1 aromatic carbocycles. The molecule has 0 aliphatic rings. The van der Waals surface area contributed by atoms with Gasteiger partial charge >= 0.3 is 11.8 Å². The highest BCUT2D eigenvalue weighted by Gasteiger charge is 2.24. The number of aliphatic hydroxyl groups is 1. The van der Waals surface area contributed by atoms with Gasteiger partial charge in [0.2, 0.25) is 0 Å². The molecule has 6 heteroatoms. The molecule has 1 rings (SSSR count). The third-order valence-electron chi connectivity index (χ3n) is 3.18. The molecule has 0 fully saturated rings. The second kappa shape index (κ2) is 6.91. The van der Waals surface area contributed by atoms with Crippen LogP contribution in [-0.2, 0) is 9.59 Å². The Morgan fingerprint density at radius 3 is 2.48 bits per heavy atom. The van der Waals surface area contributed by atoms with Crippen molar-refractivity contribution in [2.75, 3.05) is 11.9 Å². The minimum Gasteiger partial charge on any atom is -0.391 e. The van der Waals surface area contributed by atoms with Gasteiger partial charge in [0.25, 0.3) is 0 Å². The van der Waals surface area contributed by atoms with E-state index in [4.69, 9.17) is 11.6 Å². The number of hydrogen-bond acceptors (Lipinski definition) is 3. The molecule has 0 spiro atoms.